The van der Waals surface area contributed by atoms with E-state index in [9.17, 15) is 4.79 Å². The van der Waals surface area contributed by atoms with Crippen molar-refractivity contribution in [2.45, 2.75) is 6.10 Å². The summed E-state index contributed by atoms with van der Waals surface area (Å²) >= 11 is 5.66. The van der Waals surface area contributed by atoms with Crippen molar-refractivity contribution in [1.29, 1.82) is 0 Å². The van der Waals surface area contributed by atoms with Gasteiger partial charge in [-0.25, -0.2) is 9.78 Å². The molecule has 6 heteroatoms. The highest BCUT2D eigenvalue weighted by Crippen LogP contribution is 2.25. The Hall–Kier alpha value is -1.33. The zero-order valence-electron chi connectivity index (χ0n) is 7.72. The van der Waals surface area contributed by atoms with Crippen molar-refractivity contribution in [3.05, 3.63) is 22.8 Å². The third-order valence-corrected chi connectivity index (χ3v) is 2.43. The summed E-state index contributed by atoms with van der Waals surface area (Å²) in [5.74, 6) is -0.710. The van der Waals surface area contributed by atoms with Gasteiger partial charge < -0.3 is 15.1 Å². The van der Waals surface area contributed by atoms with E-state index in [-0.39, 0.29) is 10.6 Å². The van der Waals surface area contributed by atoms with Gasteiger partial charge >= 0.3 is 5.97 Å². The molecule has 0 unspecified atom stereocenters. The highest BCUT2D eigenvalue weighted by molar-refractivity contribution is 6.30. The molecule has 2 heterocycles. The first kappa shape index (κ1) is 10.2. The predicted molar refractivity (Wildman–Crippen MR) is 54.4 cm³/mol. The van der Waals surface area contributed by atoms with E-state index in [4.69, 9.17) is 21.8 Å². The highest BCUT2D eigenvalue weighted by Gasteiger charge is 2.29. The molecule has 0 amide bonds. The topological polar surface area (TPSA) is 73.7 Å². The number of aliphatic hydroxyl groups excluding tert-OH is 1. The zero-order valence-corrected chi connectivity index (χ0v) is 8.48. The SMILES string of the molecule is O=C(O)c1cc(Cl)cnc1N1CC(O)C1. The Morgan fingerprint density at radius 3 is 2.80 bits per heavy atom. The second kappa shape index (κ2) is 3.67. The molecule has 15 heavy (non-hydrogen) atoms. The monoisotopic (exact) mass is 228 g/mol. The summed E-state index contributed by atoms with van der Waals surface area (Å²) in [6.45, 7) is 0.823. The number of carboxylic acids is 1. The third kappa shape index (κ3) is 1.88. The van der Waals surface area contributed by atoms with Crippen molar-refractivity contribution in [3.63, 3.8) is 0 Å². The van der Waals surface area contributed by atoms with Crippen LogP contribution in [0.1, 0.15) is 10.4 Å². The van der Waals surface area contributed by atoms with Crippen molar-refractivity contribution in [1.82, 2.24) is 4.98 Å². The van der Waals surface area contributed by atoms with Gasteiger partial charge in [0.25, 0.3) is 0 Å². The van der Waals surface area contributed by atoms with E-state index in [2.05, 4.69) is 4.98 Å². The summed E-state index contributed by atoms with van der Waals surface area (Å²) in [4.78, 5) is 16.6. The van der Waals surface area contributed by atoms with Crippen LogP contribution in [0.5, 0.6) is 0 Å². The Balaban J connectivity index is 2.34. The Morgan fingerprint density at radius 2 is 2.27 bits per heavy atom. The van der Waals surface area contributed by atoms with Crippen LogP contribution in [-0.4, -0.2) is 40.4 Å². The molecule has 1 fully saturated rings. The minimum absolute atomic E-state index is 0.0643. The molecule has 1 aliphatic rings. The third-order valence-electron chi connectivity index (χ3n) is 2.23. The average molecular weight is 229 g/mol. The fourth-order valence-electron chi connectivity index (χ4n) is 1.47. The van der Waals surface area contributed by atoms with E-state index in [0.717, 1.165) is 0 Å². The van der Waals surface area contributed by atoms with Gasteiger partial charge in [0, 0.05) is 19.3 Å². The smallest absolute Gasteiger partial charge is 0.339 e. The Labute approximate surface area is 90.9 Å². The van der Waals surface area contributed by atoms with Crippen LogP contribution in [0.3, 0.4) is 0 Å². The standard InChI is InChI=1S/C9H9ClN2O3/c10-5-1-7(9(14)15)8(11-2-5)12-3-6(13)4-12/h1-2,6,13H,3-4H2,(H,14,15). The summed E-state index contributed by atoms with van der Waals surface area (Å²) in [5.41, 5.74) is 0.0643. The van der Waals surface area contributed by atoms with E-state index >= 15 is 0 Å². The number of hydrogen-bond acceptors (Lipinski definition) is 4. The lowest BCUT2D eigenvalue weighted by atomic mass is 10.1. The molecule has 80 valence electrons. The normalized spacial score (nSPS) is 16.3. The molecule has 0 bridgehead atoms. The van der Waals surface area contributed by atoms with Gasteiger partial charge in [-0.1, -0.05) is 11.6 Å². The number of carboxylic acid groups (broad SMARTS) is 1. The van der Waals surface area contributed by atoms with Crippen LogP contribution in [0.2, 0.25) is 5.02 Å². The molecule has 0 saturated carbocycles. The fourth-order valence-corrected chi connectivity index (χ4v) is 1.63. The Morgan fingerprint density at radius 1 is 1.60 bits per heavy atom. The maximum atomic E-state index is 10.9. The number of aromatic nitrogens is 1. The molecule has 1 aliphatic heterocycles. The number of pyridine rings is 1. The zero-order chi connectivity index (χ0) is 11.0. The highest BCUT2D eigenvalue weighted by atomic mass is 35.5. The summed E-state index contributed by atoms with van der Waals surface area (Å²) < 4.78 is 0. The summed E-state index contributed by atoms with van der Waals surface area (Å²) in [6, 6.07) is 1.36. The van der Waals surface area contributed by atoms with E-state index < -0.39 is 12.1 Å². The van der Waals surface area contributed by atoms with Crippen LogP contribution in [0, 0.1) is 0 Å². The summed E-state index contributed by atoms with van der Waals surface area (Å²) in [6.07, 6.45) is 0.998. The van der Waals surface area contributed by atoms with Crippen molar-refractivity contribution in [2.24, 2.45) is 0 Å². The molecule has 0 radical (unpaired) electrons. The minimum Gasteiger partial charge on any atom is -0.478 e. The molecule has 0 atom stereocenters. The molecule has 0 spiro atoms. The van der Waals surface area contributed by atoms with Crippen LogP contribution in [-0.2, 0) is 0 Å². The lowest BCUT2D eigenvalue weighted by Crippen LogP contribution is -2.51. The number of carbonyl (C=O) groups is 1. The number of aliphatic hydroxyl groups is 1. The minimum atomic E-state index is -1.07. The molecule has 2 N–H and O–H groups in total. The number of halogens is 1. The lowest BCUT2D eigenvalue weighted by molar-refractivity contribution is 0.0695. The molecular formula is C9H9ClN2O3. The molecule has 0 aliphatic carbocycles. The number of β-amino-alcohol motifs (C(OH)–C–C–N with tert-alkyl or cyclic N) is 1. The van der Waals surface area contributed by atoms with E-state index in [1.165, 1.54) is 12.3 Å². The second-order valence-electron chi connectivity index (χ2n) is 3.39. The van der Waals surface area contributed by atoms with E-state index in [1.807, 2.05) is 0 Å². The van der Waals surface area contributed by atoms with Crippen molar-refractivity contribution >= 4 is 23.4 Å². The van der Waals surface area contributed by atoms with Gasteiger partial charge in [0.15, 0.2) is 0 Å². The fraction of sp³-hybridized carbons (Fsp3) is 0.333. The largest absolute Gasteiger partial charge is 0.478 e. The number of rotatable bonds is 2. The first-order valence-corrected chi connectivity index (χ1v) is 4.77. The number of nitrogens with zero attached hydrogens (tertiary/aromatic N) is 2. The van der Waals surface area contributed by atoms with Crippen molar-refractivity contribution in [2.75, 3.05) is 18.0 Å². The molecule has 0 aromatic carbocycles. The number of anilines is 1. The number of aromatic carboxylic acids is 1. The molecule has 5 nitrogen and oxygen atoms in total. The lowest BCUT2D eigenvalue weighted by Gasteiger charge is -2.37. The Bertz CT molecular complexity index is 404. The first-order chi connectivity index (χ1) is 7.08. The van der Waals surface area contributed by atoms with Gasteiger partial charge in [-0.05, 0) is 6.07 Å². The molecular weight excluding hydrogens is 220 g/mol. The van der Waals surface area contributed by atoms with Crippen molar-refractivity contribution < 1.29 is 15.0 Å². The average Bonchev–Trinajstić information content (AvgIpc) is 2.13. The molecule has 1 aromatic rings. The predicted octanol–water partition coefficient (Wildman–Crippen LogP) is 0.614. The molecule has 1 saturated heterocycles. The molecule has 2 rings (SSSR count). The van der Waals surface area contributed by atoms with Crippen LogP contribution >= 0.6 is 11.6 Å². The van der Waals surface area contributed by atoms with Gasteiger partial charge in [0.1, 0.15) is 11.4 Å². The van der Waals surface area contributed by atoms with Gasteiger partial charge in [0.05, 0.1) is 11.1 Å². The van der Waals surface area contributed by atoms with E-state index in [1.54, 1.807) is 4.90 Å². The van der Waals surface area contributed by atoms with Crippen LogP contribution in [0.15, 0.2) is 12.3 Å². The van der Waals surface area contributed by atoms with Crippen molar-refractivity contribution in [3.8, 4) is 0 Å². The maximum absolute atomic E-state index is 10.9. The van der Waals surface area contributed by atoms with Gasteiger partial charge in [-0.15, -0.1) is 0 Å². The maximum Gasteiger partial charge on any atom is 0.339 e. The quantitative estimate of drug-likeness (QED) is 0.776. The van der Waals surface area contributed by atoms with E-state index in [0.29, 0.717) is 18.9 Å². The second-order valence-corrected chi connectivity index (χ2v) is 3.83. The van der Waals surface area contributed by atoms with Gasteiger partial charge in [-0.3, -0.25) is 0 Å². The molecule has 1 aromatic heterocycles. The van der Waals surface area contributed by atoms with Gasteiger partial charge in [0.2, 0.25) is 0 Å². The summed E-state index contributed by atoms with van der Waals surface area (Å²) in [7, 11) is 0. The van der Waals surface area contributed by atoms with Crippen LogP contribution in [0.25, 0.3) is 0 Å². The van der Waals surface area contributed by atoms with Gasteiger partial charge in [-0.2, -0.15) is 0 Å². The first-order valence-electron chi connectivity index (χ1n) is 4.40. The van der Waals surface area contributed by atoms with Crippen LogP contribution < -0.4 is 4.90 Å². The Kier molecular flexibility index (Phi) is 2.50. The van der Waals surface area contributed by atoms with Crippen LogP contribution in [0.4, 0.5) is 5.82 Å². The summed E-state index contributed by atoms with van der Waals surface area (Å²) in [5, 5.41) is 18.3. The number of hydrogen-bond donors (Lipinski definition) is 2.